The summed E-state index contributed by atoms with van der Waals surface area (Å²) in [5.74, 6) is 0.0205. The fourth-order valence-electron chi connectivity index (χ4n) is 3.85. The number of likely N-dealkylation sites (tertiary alicyclic amines) is 1. The van der Waals surface area contributed by atoms with E-state index in [4.69, 9.17) is 13.9 Å². The van der Waals surface area contributed by atoms with Crippen LogP contribution in [0.3, 0.4) is 0 Å². The molecular weight excluding hydrogens is 400 g/mol. The molecule has 1 aromatic heterocycles. The van der Waals surface area contributed by atoms with Crippen molar-refractivity contribution in [1.82, 2.24) is 9.80 Å². The van der Waals surface area contributed by atoms with Gasteiger partial charge in [-0.05, 0) is 36.6 Å². The Hall–Kier alpha value is -3.55. The van der Waals surface area contributed by atoms with Gasteiger partial charge in [-0.15, -0.1) is 0 Å². The maximum Gasteiger partial charge on any atom is 0.410 e. The van der Waals surface area contributed by atoms with E-state index in [2.05, 4.69) is 0 Å². The van der Waals surface area contributed by atoms with Gasteiger partial charge in [-0.25, -0.2) is 9.59 Å². The summed E-state index contributed by atoms with van der Waals surface area (Å²) >= 11 is 0. The first-order valence-electron chi connectivity index (χ1n) is 10.3. The van der Waals surface area contributed by atoms with Gasteiger partial charge in [0.2, 0.25) is 5.91 Å². The van der Waals surface area contributed by atoms with E-state index in [1.165, 1.54) is 11.0 Å². The van der Waals surface area contributed by atoms with Gasteiger partial charge in [0, 0.05) is 25.2 Å². The van der Waals surface area contributed by atoms with Crippen molar-refractivity contribution in [1.29, 1.82) is 0 Å². The standard InChI is InChI=1S/C23H24N2O6/c26-21(9-8-19-7-4-14-29-19)24-12-10-18(11-13-24)25-20(16-31-23(25)28)22(27)30-15-17-5-2-1-3-6-17/h1-9,14,18,20H,10-13,15-16H2/b9-8+/t20-/m0/s1. The van der Waals surface area contributed by atoms with E-state index >= 15 is 0 Å². The van der Waals surface area contributed by atoms with Crippen LogP contribution in [0.15, 0.2) is 59.2 Å². The summed E-state index contributed by atoms with van der Waals surface area (Å²) in [4.78, 5) is 40.5. The molecule has 0 radical (unpaired) electrons. The number of amides is 2. The molecule has 162 valence electrons. The van der Waals surface area contributed by atoms with Crippen LogP contribution in [0, 0.1) is 0 Å². The summed E-state index contributed by atoms with van der Waals surface area (Å²) in [5, 5.41) is 0. The van der Waals surface area contributed by atoms with Crippen LogP contribution >= 0.6 is 0 Å². The van der Waals surface area contributed by atoms with Crippen molar-refractivity contribution in [2.45, 2.75) is 31.5 Å². The minimum absolute atomic E-state index is 0.0164. The Bertz CT molecular complexity index is 932. The van der Waals surface area contributed by atoms with Crippen LogP contribution < -0.4 is 0 Å². The lowest BCUT2D eigenvalue weighted by molar-refractivity contribution is -0.150. The second-order valence-corrected chi connectivity index (χ2v) is 7.50. The zero-order valence-electron chi connectivity index (χ0n) is 17.0. The maximum atomic E-state index is 12.6. The molecule has 2 fully saturated rings. The number of carbonyl (C=O) groups excluding carboxylic acids is 3. The molecule has 8 heteroatoms. The van der Waals surface area contributed by atoms with Crippen molar-refractivity contribution in [3.8, 4) is 0 Å². The van der Waals surface area contributed by atoms with E-state index in [9.17, 15) is 14.4 Å². The zero-order chi connectivity index (χ0) is 21.6. The minimum atomic E-state index is -0.762. The summed E-state index contributed by atoms with van der Waals surface area (Å²) in [6, 6.07) is 12.0. The first kappa shape index (κ1) is 20.7. The van der Waals surface area contributed by atoms with Gasteiger partial charge < -0.3 is 18.8 Å². The van der Waals surface area contributed by atoms with Gasteiger partial charge in [-0.2, -0.15) is 0 Å². The fourth-order valence-corrected chi connectivity index (χ4v) is 3.85. The van der Waals surface area contributed by atoms with Crippen LogP contribution in [0.1, 0.15) is 24.2 Å². The van der Waals surface area contributed by atoms with Gasteiger partial charge in [-0.1, -0.05) is 30.3 Å². The van der Waals surface area contributed by atoms with E-state index in [-0.39, 0.29) is 25.2 Å². The average molecular weight is 424 g/mol. The number of ether oxygens (including phenoxy) is 2. The van der Waals surface area contributed by atoms with Gasteiger partial charge in [0.1, 0.15) is 19.0 Å². The normalized spacial score (nSPS) is 19.6. The van der Waals surface area contributed by atoms with Gasteiger partial charge in [0.25, 0.3) is 0 Å². The van der Waals surface area contributed by atoms with Crippen molar-refractivity contribution in [3.05, 3.63) is 66.1 Å². The van der Waals surface area contributed by atoms with E-state index in [0.717, 1.165) is 5.56 Å². The Morgan fingerprint density at radius 1 is 1.10 bits per heavy atom. The van der Waals surface area contributed by atoms with Crippen LogP contribution in [-0.4, -0.2) is 59.5 Å². The molecule has 2 aromatic rings. The number of carbonyl (C=O) groups is 3. The SMILES string of the molecule is O=C(OCc1ccccc1)[C@@H]1COC(=O)N1C1CCN(C(=O)/C=C/c2ccco2)CC1. The minimum Gasteiger partial charge on any atom is -0.465 e. The third kappa shape index (κ3) is 4.96. The predicted molar refractivity (Wildman–Crippen MR) is 111 cm³/mol. The highest BCUT2D eigenvalue weighted by Crippen LogP contribution is 2.25. The molecule has 2 aliphatic rings. The van der Waals surface area contributed by atoms with Crippen molar-refractivity contribution >= 4 is 24.0 Å². The predicted octanol–water partition coefficient (Wildman–Crippen LogP) is 2.85. The summed E-state index contributed by atoms with van der Waals surface area (Å²) in [6.07, 6.45) is 5.28. The highest BCUT2D eigenvalue weighted by Gasteiger charge is 2.44. The number of furan rings is 1. The first-order valence-corrected chi connectivity index (χ1v) is 10.3. The smallest absolute Gasteiger partial charge is 0.410 e. The molecule has 0 spiro atoms. The second kappa shape index (κ2) is 9.51. The molecule has 0 saturated carbocycles. The molecule has 2 aliphatic heterocycles. The third-order valence-corrected chi connectivity index (χ3v) is 5.51. The zero-order valence-corrected chi connectivity index (χ0v) is 17.0. The first-order chi connectivity index (χ1) is 15.1. The summed E-state index contributed by atoms with van der Waals surface area (Å²) < 4.78 is 15.7. The largest absolute Gasteiger partial charge is 0.465 e. The van der Waals surface area contributed by atoms with Crippen LogP contribution in [0.25, 0.3) is 6.08 Å². The van der Waals surface area contributed by atoms with Gasteiger partial charge in [0.05, 0.1) is 6.26 Å². The van der Waals surface area contributed by atoms with E-state index in [1.54, 1.807) is 29.4 Å². The van der Waals surface area contributed by atoms with Crippen molar-refractivity contribution in [2.24, 2.45) is 0 Å². The highest BCUT2D eigenvalue weighted by atomic mass is 16.6. The Morgan fingerprint density at radius 3 is 2.58 bits per heavy atom. The van der Waals surface area contributed by atoms with E-state index < -0.39 is 18.1 Å². The number of cyclic esters (lactones) is 1. The topological polar surface area (TPSA) is 89.3 Å². The molecule has 1 aromatic carbocycles. The Labute approximate surface area is 180 Å². The highest BCUT2D eigenvalue weighted by molar-refractivity contribution is 5.91. The lowest BCUT2D eigenvalue weighted by Gasteiger charge is -2.36. The van der Waals surface area contributed by atoms with E-state index in [0.29, 0.717) is 31.7 Å². The molecule has 31 heavy (non-hydrogen) atoms. The molecular formula is C23H24N2O6. The van der Waals surface area contributed by atoms with Crippen molar-refractivity contribution < 1.29 is 28.3 Å². The van der Waals surface area contributed by atoms with Crippen LogP contribution in [-0.2, 0) is 25.7 Å². The summed E-state index contributed by atoms with van der Waals surface area (Å²) in [5.41, 5.74) is 0.877. The fraction of sp³-hybridized carbons (Fsp3) is 0.348. The molecule has 8 nitrogen and oxygen atoms in total. The number of hydrogen-bond donors (Lipinski definition) is 0. The quantitative estimate of drug-likeness (QED) is 0.523. The molecule has 3 heterocycles. The number of esters is 1. The van der Waals surface area contributed by atoms with Crippen LogP contribution in [0.2, 0.25) is 0 Å². The Balaban J connectivity index is 1.31. The van der Waals surface area contributed by atoms with Gasteiger partial charge in [0.15, 0.2) is 6.04 Å². The van der Waals surface area contributed by atoms with Crippen molar-refractivity contribution in [3.63, 3.8) is 0 Å². The number of hydrogen-bond acceptors (Lipinski definition) is 6. The number of benzene rings is 1. The van der Waals surface area contributed by atoms with Gasteiger partial charge in [-0.3, -0.25) is 9.69 Å². The third-order valence-electron chi connectivity index (χ3n) is 5.51. The summed E-state index contributed by atoms with van der Waals surface area (Å²) in [7, 11) is 0. The Kier molecular flexibility index (Phi) is 6.35. The lowest BCUT2D eigenvalue weighted by atomic mass is 10.0. The average Bonchev–Trinajstić information content (AvgIpc) is 3.46. The molecule has 0 bridgehead atoms. The van der Waals surface area contributed by atoms with Crippen LogP contribution in [0.4, 0.5) is 4.79 Å². The van der Waals surface area contributed by atoms with Crippen LogP contribution in [0.5, 0.6) is 0 Å². The summed E-state index contributed by atoms with van der Waals surface area (Å²) in [6.45, 7) is 1.10. The lowest BCUT2D eigenvalue weighted by Crippen LogP contribution is -2.51. The molecule has 0 N–H and O–H groups in total. The molecule has 0 aliphatic carbocycles. The van der Waals surface area contributed by atoms with Gasteiger partial charge >= 0.3 is 12.1 Å². The van der Waals surface area contributed by atoms with Crippen molar-refractivity contribution in [2.75, 3.05) is 19.7 Å². The molecule has 1 atom stereocenters. The number of nitrogens with zero attached hydrogens (tertiary/aromatic N) is 2. The Morgan fingerprint density at radius 2 is 1.87 bits per heavy atom. The number of piperidine rings is 1. The molecule has 4 rings (SSSR count). The maximum absolute atomic E-state index is 12.6. The molecule has 2 saturated heterocycles. The molecule has 2 amide bonds. The number of rotatable bonds is 6. The van der Waals surface area contributed by atoms with E-state index in [1.807, 2.05) is 30.3 Å². The monoisotopic (exact) mass is 424 g/mol. The molecule has 0 unspecified atom stereocenters. The second-order valence-electron chi connectivity index (χ2n) is 7.50.